The number of hydrogen-bond donors (Lipinski definition) is 1. The summed E-state index contributed by atoms with van der Waals surface area (Å²) in [6.45, 7) is 4.30. The number of aliphatic hydroxyl groups excluding tert-OH is 1. The van der Waals surface area contributed by atoms with Crippen LogP contribution in [-0.2, 0) is 0 Å². The minimum absolute atomic E-state index is 0.0869. The fourth-order valence-corrected chi connectivity index (χ4v) is 2.10. The van der Waals surface area contributed by atoms with Crippen molar-refractivity contribution in [3.8, 4) is 5.69 Å². The second-order valence-corrected chi connectivity index (χ2v) is 4.92. The molecule has 112 valence electrons. The summed E-state index contributed by atoms with van der Waals surface area (Å²) in [5.41, 5.74) is 0.786. The van der Waals surface area contributed by atoms with E-state index in [1.165, 1.54) is 4.90 Å². The van der Waals surface area contributed by atoms with Gasteiger partial charge in [0.15, 0.2) is 0 Å². The van der Waals surface area contributed by atoms with Gasteiger partial charge < -0.3 is 10.0 Å². The molecule has 7 heteroatoms. The van der Waals surface area contributed by atoms with E-state index in [-0.39, 0.29) is 24.9 Å². The number of amides is 1. The predicted octanol–water partition coefficient (Wildman–Crippen LogP) is 1.68. The summed E-state index contributed by atoms with van der Waals surface area (Å²) in [5.74, 6) is 0.445. The first-order chi connectivity index (χ1) is 10.1. The number of aliphatic hydroxyl groups is 1. The molecule has 21 heavy (non-hydrogen) atoms. The van der Waals surface area contributed by atoms with Crippen molar-refractivity contribution in [1.82, 2.24) is 19.7 Å². The highest BCUT2D eigenvalue weighted by atomic mass is 35.5. The number of carbonyl (C=O) groups is 1. The summed E-state index contributed by atoms with van der Waals surface area (Å²) >= 11 is 5.86. The van der Waals surface area contributed by atoms with Crippen molar-refractivity contribution in [2.45, 2.75) is 13.8 Å². The van der Waals surface area contributed by atoms with Crippen molar-refractivity contribution < 1.29 is 9.90 Å². The fraction of sp³-hybridized carbons (Fsp3) is 0.357. The average Bonchev–Trinajstić information content (AvgIpc) is 2.87. The summed E-state index contributed by atoms with van der Waals surface area (Å²) in [6.07, 6.45) is 0. The van der Waals surface area contributed by atoms with Crippen LogP contribution in [0.5, 0.6) is 0 Å². The molecule has 1 amide bonds. The Bertz CT molecular complexity index is 624. The number of carbonyl (C=O) groups excluding carboxylic acids is 1. The van der Waals surface area contributed by atoms with Crippen LogP contribution in [0.4, 0.5) is 0 Å². The average molecular weight is 309 g/mol. The van der Waals surface area contributed by atoms with E-state index < -0.39 is 0 Å². The van der Waals surface area contributed by atoms with Crippen LogP contribution in [0, 0.1) is 6.92 Å². The second kappa shape index (κ2) is 6.69. The standard InChI is InChI=1S/C14H17ClN4O2/c1-3-18(8-9-20)14(21)13-16-10(2)19(17-13)12-6-4-11(15)5-7-12/h4-7,20H,3,8-9H2,1-2H3. The van der Waals surface area contributed by atoms with E-state index >= 15 is 0 Å². The van der Waals surface area contributed by atoms with Gasteiger partial charge in [-0.05, 0) is 38.1 Å². The van der Waals surface area contributed by atoms with E-state index in [0.717, 1.165) is 5.69 Å². The molecule has 1 heterocycles. The third kappa shape index (κ3) is 3.40. The Hall–Kier alpha value is -1.92. The molecular weight excluding hydrogens is 292 g/mol. The number of aryl methyl sites for hydroxylation is 1. The van der Waals surface area contributed by atoms with Gasteiger partial charge in [-0.1, -0.05) is 11.6 Å². The van der Waals surface area contributed by atoms with Gasteiger partial charge >= 0.3 is 0 Å². The molecule has 1 aromatic heterocycles. The maximum atomic E-state index is 12.3. The van der Waals surface area contributed by atoms with Gasteiger partial charge in [0.05, 0.1) is 12.3 Å². The first kappa shape index (κ1) is 15.5. The third-order valence-electron chi connectivity index (χ3n) is 3.07. The van der Waals surface area contributed by atoms with Crippen molar-refractivity contribution in [2.24, 2.45) is 0 Å². The van der Waals surface area contributed by atoms with E-state index in [1.54, 1.807) is 23.7 Å². The molecule has 1 aromatic carbocycles. The molecule has 0 saturated carbocycles. The molecule has 0 spiro atoms. The van der Waals surface area contributed by atoms with Gasteiger partial charge in [-0.3, -0.25) is 4.79 Å². The van der Waals surface area contributed by atoms with Gasteiger partial charge in [-0.25, -0.2) is 9.67 Å². The monoisotopic (exact) mass is 308 g/mol. The molecule has 2 rings (SSSR count). The first-order valence-electron chi connectivity index (χ1n) is 6.66. The summed E-state index contributed by atoms with van der Waals surface area (Å²) in [5, 5.41) is 13.9. The van der Waals surface area contributed by atoms with Crippen LogP contribution in [0.25, 0.3) is 5.69 Å². The number of hydrogen-bond acceptors (Lipinski definition) is 4. The normalized spacial score (nSPS) is 10.7. The van der Waals surface area contributed by atoms with Crippen LogP contribution < -0.4 is 0 Å². The zero-order valence-corrected chi connectivity index (χ0v) is 12.7. The highest BCUT2D eigenvalue weighted by molar-refractivity contribution is 6.30. The van der Waals surface area contributed by atoms with Crippen LogP contribution in [0.1, 0.15) is 23.4 Å². The van der Waals surface area contributed by atoms with Crippen molar-refractivity contribution in [1.29, 1.82) is 0 Å². The largest absolute Gasteiger partial charge is 0.395 e. The molecule has 0 saturated heterocycles. The molecule has 0 radical (unpaired) electrons. The van der Waals surface area contributed by atoms with Gasteiger partial charge in [-0.15, -0.1) is 5.10 Å². The molecule has 0 aliphatic carbocycles. The van der Waals surface area contributed by atoms with Gasteiger partial charge in [0.1, 0.15) is 5.82 Å². The molecule has 2 aromatic rings. The lowest BCUT2D eigenvalue weighted by atomic mass is 10.3. The number of nitrogens with zero attached hydrogens (tertiary/aromatic N) is 4. The molecule has 6 nitrogen and oxygen atoms in total. The summed E-state index contributed by atoms with van der Waals surface area (Å²) in [7, 11) is 0. The minimum atomic E-state index is -0.289. The smallest absolute Gasteiger partial charge is 0.293 e. The molecule has 0 unspecified atom stereocenters. The van der Waals surface area contributed by atoms with Crippen LogP contribution in [-0.4, -0.2) is 50.4 Å². The van der Waals surface area contributed by atoms with E-state index in [9.17, 15) is 4.79 Å². The van der Waals surface area contributed by atoms with Gasteiger partial charge in [-0.2, -0.15) is 0 Å². The van der Waals surface area contributed by atoms with Crippen LogP contribution in [0.3, 0.4) is 0 Å². The van der Waals surface area contributed by atoms with Gasteiger partial charge in [0.25, 0.3) is 5.91 Å². The van der Waals surface area contributed by atoms with Crippen LogP contribution >= 0.6 is 11.6 Å². The Morgan fingerprint density at radius 2 is 2.05 bits per heavy atom. The lowest BCUT2D eigenvalue weighted by molar-refractivity contribution is 0.0720. The van der Waals surface area contributed by atoms with Crippen molar-refractivity contribution in [3.05, 3.63) is 40.9 Å². The maximum Gasteiger partial charge on any atom is 0.293 e. The number of rotatable bonds is 5. The molecule has 1 N–H and O–H groups in total. The maximum absolute atomic E-state index is 12.3. The Balaban J connectivity index is 2.30. The molecule has 0 aliphatic rings. The Morgan fingerprint density at radius 3 is 2.62 bits per heavy atom. The molecular formula is C14H17ClN4O2. The first-order valence-corrected chi connectivity index (χ1v) is 7.04. The van der Waals surface area contributed by atoms with E-state index in [2.05, 4.69) is 10.1 Å². The molecule has 0 bridgehead atoms. The zero-order valence-electron chi connectivity index (χ0n) is 12.0. The van der Waals surface area contributed by atoms with Crippen LogP contribution in [0.15, 0.2) is 24.3 Å². The SMILES string of the molecule is CCN(CCO)C(=O)c1nc(C)n(-c2ccc(Cl)cc2)n1. The van der Waals surface area contributed by atoms with E-state index in [0.29, 0.717) is 17.4 Å². The van der Waals surface area contributed by atoms with Crippen molar-refractivity contribution in [3.63, 3.8) is 0 Å². The summed E-state index contributed by atoms with van der Waals surface area (Å²) in [4.78, 5) is 18.0. The fourth-order valence-electron chi connectivity index (χ4n) is 1.97. The highest BCUT2D eigenvalue weighted by Crippen LogP contribution is 2.14. The summed E-state index contributed by atoms with van der Waals surface area (Å²) in [6, 6.07) is 7.13. The van der Waals surface area contributed by atoms with Crippen molar-refractivity contribution in [2.75, 3.05) is 19.7 Å². The third-order valence-corrected chi connectivity index (χ3v) is 3.32. The van der Waals surface area contributed by atoms with Crippen LogP contribution in [0.2, 0.25) is 5.02 Å². The zero-order chi connectivity index (χ0) is 15.4. The van der Waals surface area contributed by atoms with Gasteiger partial charge in [0.2, 0.25) is 5.82 Å². The lowest BCUT2D eigenvalue weighted by Crippen LogP contribution is -2.34. The Kier molecular flexibility index (Phi) is 4.93. The molecule has 0 atom stereocenters. The number of aromatic nitrogens is 3. The van der Waals surface area contributed by atoms with E-state index in [4.69, 9.17) is 16.7 Å². The number of likely N-dealkylation sites (N-methyl/N-ethyl adjacent to an activating group) is 1. The predicted molar refractivity (Wildman–Crippen MR) is 79.8 cm³/mol. The van der Waals surface area contributed by atoms with Crippen molar-refractivity contribution >= 4 is 17.5 Å². The molecule has 0 fully saturated rings. The van der Waals surface area contributed by atoms with E-state index in [1.807, 2.05) is 19.1 Å². The molecule has 0 aliphatic heterocycles. The lowest BCUT2D eigenvalue weighted by Gasteiger charge is -2.17. The number of halogens is 1. The Morgan fingerprint density at radius 1 is 1.38 bits per heavy atom. The quantitative estimate of drug-likeness (QED) is 0.912. The second-order valence-electron chi connectivity index (χ2n) is 4.48. The van der Waals surface area contributed by atoms with Gasteiger partial charge in [0, 0.05) is 18.1 Å². The number of benzene rings is 1. The Labute approximate surface area is 128 Å². The highest BCUT2D eigenvalue weighted by Gasteiger charge is 2.20. The minimum Gasteiger partial charge on any atom is -0.395 e. The summed E-state index contributed by atoms with van der Waals surface area (Å²) < 4.78 is 1.59. The topological polar surface area (TPSA) is 71.2 Å².